The summed E-state index contributed by atoms with van der Waals surface area (Å²) < 4.78 is 14.6. The average molecular weight is 544 g/mol. The molecule has 7 nitrogen and oxygen atoms in total. The van der Waals surface area contributed by atoms with Crippen LogP contribution in [0.2, 0.25) is 0 Å². The predicted molar refractivity (Wildman–Crippen MR) is 159 cm³/mol. The van der Waals surface area contributed by atoms with Gasteiger partial charge in [-0.1, -0.05) is 55.2 Å². The number of carbonyl (C=O) groups excluding carboxylic acids is 1. The monoisotopic (exact) mass is 543 g/mol. The Kier molecular flexibility index (Phi) is 8.14. The molecule has 40 heavy (non-hydrogen) atoms. The van der Waals surface area contributed by atoms with Gasteiger partial charge in [-0.25, -0.2) is 9.50 Å². The summed E-state index contributed by atoms with van der Waals surface area (Å²) in [5.74, 6) is 0.153. The second-order valence-electron chi connectivity index (χ2n) is 11.3. The van der Waals surface area contributed by atoms with Gasteiger partial charge in [-0.05, 0) is 52.0 Å². The molecule has 2 aromatic heterocycles. The van der Waals surface area contributed by atoms with Crippen molar-refractivity contribution in [1.82, 2.24) is 19.5 Å². The van der Waals surface area contributed by atoms with Gasteiger partial charge in [0, 0.05) is 48.1 Å². The molecule has 0 bridgehead atoms. The zero-order valence-corrected chi connectivity index (χ0v) is 23.8. The summed E-state index contributed by atoms with van der Waals surface area (Å²) in [6.07, 6.45) is 9.80. The third kappa shape index (κ3) is 5.31. The van der Waals surface area contributed by atoms with E-state index < -0.39 is 6.67 Å². The fourth-order valence-corrected chi connectivity index (χ4v) is 5.97. The molecule has 210 valence electrons. The molecule has 3 aromatic rings. The van der Waals surface area contributed by atoms with Crippen molar-refractivity contribution in [3.63, 3.8) is 0 Å². The Bertz CT molecular complexity index is 1540. The lowest BCUT2D eigenvalue weighted by Gasteiger charge is -2.37. The van der Waals surface area contributed by atoms with Crippen molar-refractivity contribution in [2.24, 2.45) is 10.9 Å². The summed E-state index contributed by atoms with van der Waals surface area (Å²) in [7, 11) is 0. The number of H-pyrrole nitrogens is 1. The molecular weight excluding hydrogens is 505 g/mol. The van der Waals surface area contributed by atoms with Crippen molar-refractivity contribution in [2.75, 3.05) is 19.8 Å². The molecular formula is C32H38FN5O2. The van der Waals surface area contributed by atoms with Gasteiger partial charge in [-0.3, -0.25) is 24.1 Å². The minimum absolute atomic E-state index is 0.160. The van der Waals surface area contributed by atoms with Gasteiger partial charge in [0.1, 0.15) is 5.56 Å². The molecule has 1 amide bonds. The van der Waals surface area contributed by atoms with Crippen LogP contribution in [-0.2, 0) is 0 Å². The minimum atomic E-state index is -0.461. The Labute approximate surface area is 234 Å². The Morgan fingerprint density at radius 2 is 1.82 bits per heavy atom. The molecule has 5 rings (SSSR count). The molecule has 1 saturated heterocycles. The standard InChI is InChI=1S/C32H38FN5O2/c1-5-15-34-21(4)28(20(2)3)30-29(32(40)37-18-22(17-33)19-37)31-35-26(16-27(39)38(31)36-30)25-13-11-24(12-14-25)23-9-7-6-8-10-23/h5,11-16,22-23,36H,6-10,17-19H2,1-4H3/b15-5-,34-21?. The number of halogens is 1. The van der Waals surface area contributed by atoms with Gasteiger partial charge < -0.3 is 4.90 Å². The van der Waals surface area contributed by atoms with Gasteiger partial charge in [0.25, 0.3) is 11.5 Å². The molecule has 8 heteroatoms. The SMILES string of the molecule is C/C=C\N=C(C)C(=C(C)C)c1[nH]n2c(=O)cc(-c3ccc(C4CCCCC4)cc3)nc2c1C(=O)N1CC(CF)C1. The molecule has 1 aliphatic heterocycles. The average Bonchev–Trinajstić information content (AvgIpc) is 3.31. The summed E-state index contributed by atoms with van der Waals surface area (Å²) in [6, 6.07) is 9.83. The minimum Gasteiger partial charge on any atom is -0.338 e. The Hall–Kier alpha value is -3.81. The number of hydrogen-bond acceptors (Lipinski definition) is 4. The van der Waals surface area contributed by atoms with Crippen LogP contribution in [0.5, 0.6) is 0 Å². The summed E-state index contributed by atoms with van der Waals surface area (Å²) >= 11 is 0. The fraction of sp³-hybridized carbons (Fsp3) is 0.438. The molecule has 1 N–H and O–H groups in total. The van der Waals surface area contributed by atoms with Crippen molar-refractivity contribution < 1.29 is 9.18 Å². The number of amides is 1. The largest absolute Gasteiger partial charge is 0.338 e. The van der Waals surface area contributed by atoms with E-state index in [0.29, 0.717) is 41.7 Å². The van der Waals surface area contributed by atoms with Crippen LogP contribution >= 0.6 is 0 Å². The molecule has 0 atom stereocenters. The lowest BCUT2D eigenvalue weighted by Crippen LogP contribution is -2.51. The van der Waals surface area contributed by atoms with E-state index in [1.165, 1.54) is 48.2 Å². The lowest BCUT2D eigenvalue weighted by atomic mass is 9.84. The number of nitrogens with one attached hydrogen (secondary N) is 1. The van der Waals surface area contributed by atoms with Crippen LogP contribution < -0.4 is 5.56 Å². The number of likely N-dealkylation sites (tertiary alicyclic amines) is 1. The first kappa shape index (κ1) is 27.7. The third-order valence-electron chi connectivity index (χ3n) is 8.10. The Morgan fingerprint density at radius 1 is 1.12 bits per heavy atom. The molecule has 1 saturated carbocycles. The highest BCUT2D eigenvalue weighted by molar-refractivity contribution is 6.25. The van der Waals surface area contributed by atoms with Crippen molar-refractivity contribution >= 4 is 22.8 Å². The van der Waals surface area contributed by atoms with Crippen molar-refractivity contribution in [3.8, 4) is 11.3 Å². The van der Waals surface area contributed by atoms with Gasteiger partial charge >= 0.3 is 0 Å². The van der Waals surface area contributed by atoms with E-state index in [9.17, 15) is 14.0 Å². The van der Waals surface area contributed by atoms with Crippen LogP contribution in [0.4, 0.5) is 4.39 Å². The number of aromatic nitrogens is 3. The molecule has 1 aliphatic carbocycles. The molecule has 2 aliphatic rings. The van der Waals surface area contributed by atoms with Crippen LogP contribution in [0.25, 0.3) is 22.5 Å². The van der Waals surface area contributed by atoms with Gasteiger partial charge in [-0.2, -0.15) is 0 Å². The van der Waals surface area contributed by atoms with Gasteiger partial charge in [0.2, 0.25) is 0 Å². The van der Waals surface area contributed by atoms with E-state index in [2.05, 4.69) is 22.2 Å². The van der Waals surface area contributed by atoms with Crippen LogP contribution in [-0.4, -0.2) is 50.9 Å². The first-order valence-electron chi connectivity index (χ1n) is 14.3. The highest BCUT2D eigenvalue weighted by Crippen LogP contribution is 2.34. The number of rotatable bonds is 7. The number of aromatic amines is 1. The van der Waals surface area contributed by atoms with E-state index >= 15 is 0 Å². The van der Waals surface area contributed by atoms with E-state index in [1.807, 2.05) is 45.9 Å². The zero-order chi connectivity index (χ0) is 28.4. The van der Waals surface area contributed by atoms with Crippen LogP contribution in [0.1, 0.15) is 87.3 Å². The summed E-state index contributed by atoms with van der Waals surface area (Å²) in [5, 5.41) is 3.17. The number of carbonyl (C=O) groups is 1. The molecule has 0 unspecified atom stereocenters. The molecule has 1 aromatic carbocycles. The molecule has 0 spiro atoms. The van der Waals surface area contributed by atoms with Gasteiger partial charge in [0.15, 0.2) is 5.65 Å². The third-order valence-corrected chi connectivity index (χ3v) is 8.10. The maximum atomic E-state index is 13.9. The smallest absolute Gasteiger partial charge is 0.273 e. The summed E-state index contributed by atoms with van der Waals surface area (Å²) in [4.78, 5) is 38.3. The normalized spacial score (nSPS) is 17.0. The number of aliphatic imine (C=N–C) groups is 1. The van der Waals surface area contributed by atoms with Crippen LogP contribution in [0.15, 0.2) is 58.0 Å². The molecule has 3 heterocycles. The molecule has 2 fully saturated rings. The van der Waals surface area contributed by atoms with Crippen LogP contribution in [0.3, 0.4) is 0 Å². The Balaban J connectivity index is 1.64. The number of benzene rings is 1. The number of alkyl halides is 1. The highest BCUT2D eigenvalue weighted by atomic mass is 19.1. The second-order valence-corrected chi connectivity index (χ2v) is 11.3. The Morgan fingerprint density at radius 3 is 2.45 bits per heavy atom. The first-order chi connectivity index (χ1) is 19.3. The number of hydrogen-bond donors (Lipinski definition) is 1. The fourth-order valence-electron chi connectivity index (χ4n) is 5.97. The first-order valence-corrected chi connectivity index (χ1v) is 14.3. The maximum Gasteiger partial charge on any atom is 0.273 e. The summed E-state index contributed by atoms with van der Waals surface area (Å²) in [6.45, 7) is 7.87. The highest BCUT2D eigenvalue weighted by Gasteiger charge is 2.35. The summed E-state index contributed by atoms with van der Waals surface area (Å²) in [5.41, 5.74) is 5.81. The lowest BCUT2D eigenvalue weighted by molar-refractivity contribution is 0.0454. The zero-order valence-electron chi connectivity index (χ0n) is 23.8. The predicted octanol–water partition coefficient (Wildman–Crippen LogP) is 6.57. The van der Waals surface area contributed by atoms with E-state index in [0.717, 1.165) is 16.7 Å². The van der Waals surface area contributed by atoms with Crippen molar-refractivity contribution in [2.45, 2.75) is 65.7 Å². The topological polar surface area (TPSA) is 82.8 Å². The van der Waals surface area contributed by atoms with E-state index in [4.69, 9.17) is 4.98 Å². The van der Waals surface area contributed by atoms with Crippen molar-refractivity contribution in [3.05, 3.63) is 75.4 Å². The van der Waals surface area contributed by atoms with Crippen molar-refractivity contribution in [1.29, 1.82) is 0 Å². The number of allylic oxidation sites excluding steroid dienone is 3. The molecule has 0 radical (unpaired) electrons. The number of fused-ring (bicyclic) bond motifs is 1. The maximum absolute atomic E-state index is 13.9. The van der Waals surface area contributed by atoms with Gasteiger partial charge in [0.05, 0.1) is 18.1 Å². The quantitative estimate of drug-likeness (QED) is 0.342. The van der Waals surface area contributed by atoms with Gasteiger partial charge in [-0.15, -0.1) is 0 Å². The van der Waals surface area contributed by atoms with E-state index in [-0.39, 0.29) is 23.0 Å². The number of nitrogens with zero attached hydrogens (tertiary/aromatic N) is 4. The van der Waals surface area contributed by atoms with Crippen LogP contribution in [0, 0.1) is 5.92 Å². The second kappa shape index (κ2) is 11.7. The van der Waals surface area contributed by atoms with E-state index in [1.54, 1.807) is 11.1 Å².